The third-order valence-electron chi connectivity index (χ3n) is 2.77. The summed E-state index contributed by atoms with van der Waals surface area (Å²) in [6.45, 7) is 3.08. The maximum absolute atomic E-state index is 13.7. The summed E-state index contributed by atoms with van der Waals surface area (Å²) in [7, 11) is 0. The lowest BCUT2D eigenvalue weighted by atomic mass is 10.1. The minimum atomic E-state index is -4.51. The summed E-state index contributed by atoms with van der Waals surface area (Å²) >= 11 is 0. The molecule has 2 rings (SSSR count). The molecular weight excluding hydrogens is 274 g/mol. The molecule has 2 aromatic rings. The Labute approximate surface area is 113 Å². The molecule has 6 heteroatoms. The van der Waals surface area contributed by atoms with Crippen LogP contribution in [0.5, 0.6) is 0 Å². The highest BCUT2D eigenvalue weighted by Gasteiger charge is 2.31. The van der Waals surface area contributed by atoms with Gasteiger partial charge in [-0.1, -0.05) is 6.92 Å². The maximum Gasteiger partial charge on any atom is 0.416 e. The number of halogens is 4. The van der Waals surface area contributed by atoms with Crippen LogP contribution in [0.25, 0.3) is 11.3 Å². The molecule has 1 N–H and O–H groups in total. The average Bonchev–Trinajstić information content (AvgIpc) is 2.84. The SMILES string of the molecule is CCNCc1ccc(-c2cc(C(F)(F)F)ccc2F)o1. The molecule has 0 spiro atoms. The second kappa shape index (κ2) is 5.66. The van der Waals surface area contributed by atoms with Crippen LogP contribution < -0.4 is 5.32 Å². The van der Waals surface area contributed by atoms with Crippen molar-refractivity contribution >= 4 is 0 Å². The third kappa shape index (κ3) is 3.19. The molecular formula is C14H13F4NO. The highest BCUT2D eigenvalue weighted by atomic mass is 19.4. The molecule has 2 nitrogen and oxygen atoms in total. The minimum absolute atomic E-state index is 0.0847. The van der Waals surface area contributed by atoms with Gasteiger partial charge in [-0.15, -0.1) is 0 Å². The normalized spacial score (nSPS) is 11.8. The first-order chi connectivity index (χ1) is 9.41. The fourth-order valence-electron chi connectivity index (χ4n) is 1.76. The number of alkyl halides is 3. The van der Waals surface area contributed by atoms with Crippen LogP contribution in [0.2, 0.25) is 0 Å². The van der Waals surface area contributed by atoms with E-state index in [9.17, 15) is 17.6 Å². The molecule has 0 saturated carbocycles. The summed E-state index contributed by atoms with van der Waals surface area (Å²) in [6, 6.07) is 5.33. The van der Waals surface area contributed by atoms with E-state index in [1.54, 1.807) is 6.07 Å². The van der Waals surface area contributed by atoms with E-state index < -0.39 is 17.6 Å². The van der Waals surface area contributed by atoms with Crippen molar-refractivity contribution < 1.29 is 22.0 Å². The summed E-state index contributed by atoms with van der Waals surface area (Å²) in [4.78, 5) is 0. The van der Waals surface area contributed by atoms with Crippen LogP contribution in [-0.2, 0) is 12.7 Å². The Kier molecular flexibility index (Phi) is 4.13. The minimum Gasteiger partial charge on any atom is -0.460 e. The van der Waals surface area contributed by atoms with Crippen molar-refractivity contribution in [2.75, 3.05) is 6.54 Å². The van der Waals surface area contributed by atoms with Gasteiger partial charge in [0.1, 0.15) is 17.3 Å². The van der Waals surface area contributed by atoms with Gasteiger partial charge in [0.2, 0.25) is 0 Å². The lowest BCUT2D eigenvalue weighted by molar-refractivity contribution is -0.137. The molecule has 1 heterocycles. The standard InChI is InChI=1S/C14H13F4NO/c1-2-19-8-10-4-6-13(20-10)11-7-9(14(16,17)18)3-5-12(11)15/h3-7,19H,2,8H2,1H3. The number of hydrogen-bond donors (Lipinski definition) is 1. The van der Waals surface area contributed by atoms with Gasteiger partial charge in [0.15, 0.2) is 0 Å². The van der Waals surface area contributed by atoms with Gasteiger partial charge in [-0.25, -0.2) is 4.39 Å². The van der Waals surface area contributed by atoms with Crippen LogP contribution in [0.15, 0.2) is 34.7 Å². The molecule has 1 aromatic heterocycles. The number of nitrogens with one attached hydrogen (secondary N) is 1. The summed E-state index contributed by atoms with van der Waals surface area (Å²) < 4.78 is 56.9. The van der Waals surface area contributed by atoms with E-state index >= 15 is 0 Å². The van der Waals surface area contributed by atoms with Gasteiger partial charge in [-0.2, -0.15) is 13.2 Å². The Balaban J connectivity index is 2.34. The molecule has 20 heavy (non-hydrogen) atoms. The molecule has 108 valence electrons. The second-order valence-corrected chi connectivity index (χ2v) is 4.24. The van der Waals surface area contributed by atoms with E-state index in [2.05, 4.69) is 5.32 Å². The van der Waals surface area contributed by atoms with E-state index in [1.165, 1.54) is 6.07 Å². The largest absolute Gasteiger partial charge is 0.460 e. The Morgan fingerprint density at radius 3 is 2.55 bits per heavy atom. The molecule has 1 aromatic carbocycles. The number of benzene rings is 1. The molecule has 0 unspecified atom stereocenters. The molecule has 0 aliphatic rings. The number of hydrogen-bond acceptors (Lipinski definition) is 2. The highest BCUT2D eigenvalue weighted by molar-refractivity contribution is 5.60. The van der Waals surface area contributed by atoms with Gasteiger partial charge < -0.3 is 9.73 Å². The molecule has 0 bridgehead atoms. The van der Waals surface area contributed by atoms with Crippen molar-refractivity contribution in [3.63, 3.8) is 0 Å². The highest BCUT2D eigenvalue weighted by Crippen LogP contribution is 2.34. The Hall–Kier alpha value is -1.82. The Morgan fingerprint density at radius 2 is 1.90 bits per heavy atom. The number of furan rings is 1. The molecule has 0 atom stereocenters. The maximum atomic E-state index is 13.7. The van der Waals surface area contributed by atoms with E-state index in [-0.39, 0.29) is 11.3 Å². The summed E-state index contributed by atoms with van der Waals surface area (Å²) in [6.07, 6.45) is -4.51. The quantitative estimate of drug-likeness (QED) is 0.852. The fourth-order valence-corrected chi connectivity index (χ4v) is 1.76. The second-order valence-electron chi connectivity index (χ2n) is 4.24. The predicted octanol–water partition coefficient (Wildman–Crippen LogP) is 4.21. The third-order valence-corrected chi connectivity index (χ3v) is 2.77. The van der Waals surface area contributed by atoms with Gasteiger partial charge in [-0.05, 0) is 36.9 Å². The van der Waals surface area contributed by atoms with Crippen molar-refractivity contribution in [3.8, 4) is 11.3 Å². The van der Waals surface area contributed by atoms with E-state index in [4.69, 9.17) is 4.42 Å². The number of rotatable bonds is 4. The van der Waals surface area contributed by atoms with E-state index in [0.29, 0.717) is 18.4 Å². The molecule has 0 radical (unpaired) electrons. The van der Waals surface area contributed by atoms with E-state index in [0.717, 1.165) is 18.7 Å². The molecule has 0 aliphatic carbocycles. The van der Waals surface area contributed by atoms with Gasteiger partial charge in [0.05, 0.1) is 17.7 Å². The summed E-state index contributed by atoms with van der Waals surface area (Å²) in [5.41, 5.74) is -1.10. The summed E-state index contributed by atoms with van der Waals surface area (Å²) in [5.74, 6) is -0.123. The first kappa shape index (κ1) is 14.6. The lowest BCUT2D eigenvalue weighted by Gasteiger charge is -2.08. The Morgan fingerprint density at radius 1 is 1.15 bits per heavy atom. The van der Waals surface area contributed by atoms with Crippen molar-refractivity contribution in [1.29, 1.82) is 0 Å². The smallest absolute Gasteiger partial charge is 0.416 e. The molecule has 0 aliphatic heterocycles. The van der Waals surface area contributed by atoms with Gasteiger partial charge in [0.25, 0.3) is 0 Å². The first-order valence-corrected chi connectivity index (χ1v) is 6.08. The summed E-state index contributed by atoms with van der Waals surface area (Å²) in [5, 5.41) is 3.01. The zero-order chi connectivity index (χ0) is 14.8. The van der Waals surface area contributed by atoms with Crippen LogP contribution in [0.1, 0.15) is 18.2 Å². The van der Waals surface area contributed by atoms with Crippen molar-refractivity contribution in [2.24, 2.45) is 0 Å². The van der Waals surface area contributed by atoms with E-state index in [1.807, 2.05) is 6.92 Å². The van der Waals surface area contributed by atoms with Crippen LogP contribution in [0.3, 0.4) is 0 Å². The van der Waals surface area contributed by atoms with Crippen LogP contribution in [-0.4, -0.2) is 6.54 Å². The lowest BCUT2D eigenvalue weighted by Crippen LogP contribution is -2.10. The molecule has 0 fully saturated rings. The van der Waals surface area contributed by atoms with Crippen LogP contribution in [0.4, 0.5) is 17.6 Å². The topological polar surface area (TPSA) is 25.2 Å². The van der Waals surface area contributed by atoms with Crippen molar-refractivity contribution in [3.05, 3.63) is 47.5 Å². The first-order valence-electron chi connectivity index (χ1n) is 6.08. The van der Waals surface area contributed by atoms with Gasteiger partial charge in [-0.3, -0.25) is 0 Å². The zero-order valence-electron chi connectivity index (χ0n) is 10.7. The van der Waals surface area contributed by atoms with Gasteiger partial charge >= 0.3 is 6.18 Å². The zero-order valence-corrected chi connectivity index (χ0v) is 10.7. The predicted molar refractivity (Wildman–Crippen MR) is 66.5 cm³/mol. The van der Waals surface area contributed by atoms with Crippen molar-refractivity contribution in [1.82, 2.24) is 5.32 Å². The monoisotopic (exact) mass is 287 g/mol. The van der Waals surface area contributed by atoms with Crippen LogP contribution in [0, 0.1) is 5.82 Å². The molecule has 0 amide bonds. The Bertz CT molecular complexity index is 589. The molecule has 0 saturated heterocycles. The fraction of sp³-hybridized carbons (Fsp3) is 0.286. The van der Waals surface area contributed by atoms with Gasteiger partial charge in [0, 0.05) is 0 Å². The van der Waals surface area contributed by atoms with Crippen LogP contribution >= 0.6 is 0 Å². The van der Waals surface area contributed by atoms with Crippen molar-refractivity contribution in [2.45, 2.75) is 19.6 Å². The average molecular weight is 287 g/mol.